The van der Waals surface area contributed by atoms with E-state index in [-0.39, 0.29) is 5.75 Å². The Kier molecular flexibility index (Phi) is 2.40. The second-order valence-electron chi connectivity index (χ2n) is 2.87. The quantitative estimate of drug-likeness (QED) is 0.766. The number of halogens is 2. The van der Waals surface area contributed by atoms with E-state index in [1.54, 1.807) is 12.3 Å². The summed E-state index contributed by atoms with van der Waals surface area (Å²) in [6.07, 6.45) is 1.80. The van der Waals surface area contributed by atoms with Crippen molar-refractivity contribution in [3.63, 3.8) is 0 Å². The topological polar surface area (TPSA) is 36.0 Å². The fourth-order valence-electron chi connectivity index (χ4n) is 1.24. The van der Waals surface area contributed by atoms with Crippen LogP contribution in [0.4, 0.5) is 0 Å². The summed E-state index contributed by atoms with van der Waals surface area (Å²) < 4.78 is 0. The van der Waals surface area contributed by atoms with Gasteiger partial charge in [0.1, 0.15) is 5.75 Å². The molecule has 0 atom stereocenters. The lowest BCUT2D eigenvalue weighted by Gasteiger charge is -2.04. The van der Waals surface area contributed by atoms with Gasteiger partial charge in [-0.3, -0.25) is 0 Å². The molecule has 2 rings (SSSR count). The normalized spacial score (nSPS) is 10.4. The number of hydrogen-bond donors (Lipinski definition) is 2. The standard InChI is InChI=1S/C10H7Cl2NO/c11-7-5-10(14)8(12)4-6(7)9-2-1-3-13-9/h1-5,13-14H. The van der Waals surface area contributed by atoms with Gasteiger partial charge < -0.3 is 10.1 Å². The molecule has 4 heteroatoms. The molecule has 0 saturated carbocycles. The molecule has 0 aliphatic rings. The molecular weight excluding hydrogens is 221 g/mol. The molecule has 0 unspecified atom stereocenters. The van der Waals surface area contributed by atoms with Crippen LogP contribution >= 0.6 is 23.2 Å². The molecule has 0 amide bonds. The van der Waals surface area contributed by atoms with Crippen LogP contribution in [0.3, 0.4) is 0 Å². The zero-order chi connectivity index (χ0) is 10.1. The maximum absolute atomic E-state index is 9.30. The number of nitrogens with one attached hydrogen (secondary N) is 1. The molecule has 1 heterocycles. The maximum Gasteiger partial charge on any atom is 0.135 e. The Morgan fingerprint density at radius 3 is 2.57 bits per heavy atom. The number of phenols is 1. The smallest absolute Gasteiger partial charge is 0.135 e. The molecule has 72 valence electrons. The van der Waals surface area contributed by atoms with Crippen LogP contribution in [-0.4, -0.2) is 10.1 Å². The lowest BCUT2D eigenvalue weighted by atomic mass is 10.1. The lowest BCUT2D eigenvalue weighted by molar-refractivity contribution is 0.475. The molecule has 2 aromatic rings. The number of rotatable bonds is 1. The van der Waals surface area contributed by atoms with Gasteiger partial charge in [0.25, 0.3) is 0 Å². The summed E-state index contributed by atoms with van der Waals surface area (Å²) >= 11 is 11.7. The Morgan fingerprint density at radius 1 is 1.14 bits per heavy atom. The molecule has 1 aromatic carbocycles. The lowest BCUT2D eigenvalue weighted by Crippen LogP contribution is -1.80. The van der Waals surface area contributed by atoms with Gasteiger partial charge in [0, 0.05) is 23.5 Å². The van der Waals surface area contributed by atoms with Crippen LogP contribution in [-0.2, 0) is 0 Å². The fraction of sp³-hybridized carbons (Fsp3) is 0. The molecule has 2 nitrogen and oxygen atoms in total. The molecule has 0 fully saturated rings. The third kappa shape index (κ3) is 1.59. The average Bonchev–Trinajstić information content (AvgIpc) is 2.64. The van der Waals surface area contributed by atoms with Gasteiger partial charge in [-0.25, -0.2) is 0 Å². The first-order chi connectivity index (χ1) is 6.68. The highest BCUT2D eigenvalue weighted by molar-refractivity contribution is 6.36. The van der Waals surface area contributed by atoms with Gasteiger partial charge >= 0.3 is 0 Å². The molecule has 0 bridgehead atoms. The van der Waals surface area contributed by atoms with Gasteiger partial charge in [0.15, 0.2) is 0 Å². The molecule has 14 heavy (non-hydrogen) atoms. The Labute approximate surface area is 91.1 Å². The zero-order valence-electron chi connectivity index (χ0n) is 7.09. The van der Waals surface area contributed by atoms with E-state index in [0.29, 0.717) is 10.0 Å². The van der Waals surface area contributed by atoms with Crippen molar-refractivity contribution in [2.75, 3.05) is 0 Å². The summed E-state index contributed by atoms with van der Waals surface area (Å²) in [4.78, 5) is 3.02. The average molecular weight is 228 g/mol. The molecule has 0 aliphatic carbocycles. The summed E-state index contributed by atoms with van der Waals surface area (Å²) in [5, 5.41) is 10.1. The van der Waals surface area contributed by atoms with Crippen LogP contribution in [0.15, 0.2) is 30.5 Å². The summed E-state index contributed by atoms with van der Waals surface area (Å²) in [5.74, 6) is -0.00743. The van der Waals surface area contributed by atoms with Crippen molar-refractivity contribution in [2.24, 2.45) is 0 Å². The fourth-order valence-corrected chi connectivity index (χ4v) is 1.66. The Balaban J connectivity index is 2.60. The van der Waals surface area contributed by atoms with E-state index in [4.69, 9.17) is 23.2 Å². The SMILES string of the molecule is Oc1cc(Cl)c(-c2ccc[nH]2)cc1Cl. The number of H-pyrrole nitrogens is 1. The summed E-state index contributed by atoms with van der Waals surface area (Å²) in [6, 6.07) is 6.81. The van der Waals surface area contributed by atoms with E-state index in [2.05, 4.69) is 4.98 Å². The van der Waals surface area contributed by atoms with E-state index in [9.17, 15) is 5.11 Å². The van der Waals surface area contributed by atoms with Gasteiger partial charge in [-0.15, -0.1) is 0 Å². The summed E-state index contributed by atoms with van der Waals surface area (Å²) in [7, 11) is 0. The highest BCUT2D eigenvalue weighted by atomic mass is 35.5. The molecule has 0 saturated heterocycles. The first-order valence-electron chi connectivity index (χ1n) is 4.00. The van der Waals surface area contributed by atoms with Gasteiger partial charge in [-0.1, -0.05) is 23.2 Å². The summed E-state index contributed by atoms with van der Waals surface area (Å²) in [6.45, 7) is 0. The van der Waals surface area contributed by atoms with E-state index in [1.807, 2.05) is 12.1 Å². The van der Waals surface area contributed by atoms with E-state index < -0.39 is 0 Å². The minimum Gasteiger partial charge on any atom is -0.506 e. The highest BCUT2D eigenvalue weighted by Crippen LogP contribution is 2.35. The predicted molar refractivity (Wildman–Crippen MR) is 57.9 cm³/mol. The maximum atomic E-state index is 9.30. The van der Waals surface area contributed by atoms with Crippen LogP contribution in [0, 0.1) is 0 Å². The van der Waals surface area contributed by atoms with Crippen LogP contribution in [0.25, 0.3) is 11.3 Å². The van der Waals surface area contributed by atoms with Crippen LogP contribution in [0.5, 0.6) is 5.75 Å². The number of aromatic amines is 1. The number of hydrogen-bond acceptors (Lipinski definition) is 1. The molecule has 1 aromatic heterocycles. The molecule has 0 aliphatic heterocycles. The van der Waals surface area contributed by atoms with Crippen LogP contribution < -0.4 is 0 Å². The number of aromatic hydroxyl groups is 1. The van der Waals surface area contributed by atoms with Gasteiger partial charge in [0.05, 0.1) is 10.0 Å². The van der Waals surface area contributed by atoms with Gasteiger partial charge in [0.2, 0.25) is 0 Å². The van der Waals surface area contributed by atoms with E-state index in [0.717, 1.165) is 11.3 Å². The van der Waals surface area contributed by atoms with Gasteiger partial charge in [-0.05, 0) is 18.2 Å². The second-order valence-corrected chi connectivity index (χ2v) is 3.68. The Morgan fingerprint density at radius 2 is 1.93 bits per heavy atom. The molecule has 0 spiro atoms. The van der Waals surface area contributed by atoms with Crippen molar-refractivity contribution < 1.29 is 5.11 Å². The monoisotopic (exact) mass is 227 g/mol. The molecule has 0 radical (unpaired) electrons. The first-order valence-corrected chi connectivity index (χ1v) is 4.76. The molecular formula is C10H7Cl2NO. The highest BCUT2D eigenvalue weighted by Gasteiger charge is 2.08. The number of phenolic OH excluding ortho intramolecular Hbond substituents is 1. The zero-order valence-corrected chi connectivity index (χ0v) is 8.60. The van der Waals surface area contributed by atoms with Crippen molar-refractivity contribution in [1.29, 1.82) is 0 Å². The van der Waals surface area contributed by atoms with Crippen molar-refractivity contribution in [1.82, 2.24) is 4.98 Å². The largest absolute Gasteiger partial charge is 0.506 e. The van der Waals surface area contributed by atoms with Crippen molar-refractivity contribution in [3.8, 4) is 17.0 Å². The van der Waals surface area contributed by atoms with Crippen molar-refractivity contribution in [2.45, 2.75) is 0 Å². The Bertz CT molecular complexity index is 451. The third-order valence-electron chi connectivity index (χ3n) is 1.92. The number of benzene rings is 1. The second kappa shape index (κ2) is 3.56. The Hall–Kier alpha value is -1.12. The molecule has 2 N–H and O–H groups in total. The predicted octanol–water partition coefficient (Wildman–Crippen LogP) is 3.69. The first kappa shape index (κ1) is 9.44. The van der Waals surface area contributed by atoms with Crippen LogP contribution in [0.1, 0.15) is 0 Å². The minimum atomic E-state index is -0.00743. The van der Waals surface area contributed by atoms with Crippen molar-refractivity contribution >= 4 is 23.2 Å². The number of aromatic nitrogens is 1. The third-order valence-corrected chi connectivity index (χ3v) is 2.54. The van der Waals surface area contributed by atoms with E-state index >= 15 is 0 Å². The van der Waals surface area contributed by atoms with Gasteiger partial charge in [-0.2, -0.15) is 0 Å². The minimum absolute atomic E-state index is 0.00743. The summed E-state index contributed by atoms with van der Waals surface area (Å²) in [5.41, 5.74) is 1.65. The van der Waals surface area contributed by atoms with Crippen LogP contribution in [0.2, 0.25) is 10.0 Å². The van der Waals surface area contributed by atoms with E-state index in [1.165, 1.54) is 6.07 Å². The van der Waals surface area contributed by atoms with Crippen molar-refractivity contribution in [3.05, 3.63) is 40.5 Å².